The first-order chi connectivity index (χ1) is 8.99. The first kappa shape index (κ1) is 13.9. The fourth-order valence-electron chi connectivity index (χ4n) is 4.93. The number of nitrogens with zero attached hydrogens (tertiary/aromatic N) is 1. The van der Waals surface area contributed by atoms with E-state index in [4.69, 9.17) is 0 Å². The van der Waals surface area contributed by atoms with Gasteiger partial charge >= 0.3 is 0 Å². The van der Waals surface area contributed by atoms with E-state index < -0.39 is 0 Å². The molecule has 0 amide bonds. The SMILES string of the molecule is CCN(CCNC1CC2CCC1(C)C2(C)C)C1CC1. The summed E-state index contributed by atoms with van der Waals surface area (Å²) in [6.07, 6.45) is 7.18. The Morgan fingerprint density at radius 1 is 1.16 bits per heavy atom. The summed E-state index contributed by atoms with van der Waals surface area (Å²) in [7, 11) is 0. The number of likely N-dealkylation sites (N-methyl/N-ethyl adjacent to an activating group) is 1. The highest BCUT2D eigenvalue weighted by atomic mass is 15.2. The van der Waals surface area contributed by atoms with Crippen LogP contribution in [0.15, 0.2) is 0 Å². The van der Waals surface area contributed by atoms with Gasteiger partial charge in [0, 0.05) is 25.2 Å². The minimum Gasteiger partial charge on any atom is -0.312 e. The van der Waals surface area contributed by atoms with Gasteiger partial charge in [-0.15, -0.1) is 0 Å². The average Bonchev–Trinajstić information content (AvgIpc) is 3.15. The van der Waals surface area contributed by atoms with Gasteiger partial charge < -0.3 is 5.32 Å². The molecule has 0 heterocycles. The Hall–Kier alpha value is -0.0800. The predicted octanol–water partition coefficient (Wildman–Crippen LogP) is 3.28. The van der Waals surface area contributed by atoms with Crippen LogP contribution in [-0.2, 0) is 0 Å². The number of rotatable bonds is 6. The van der Waals surface area contributed by atoms with Crippen molar-refractivity contribution in [3.05, 3.63) is 0 Å². The monoisotopic (exact) mass is 264 g/mol. The van der Waals surface area contributed by atoms with Crippen molar-refractivity contribution in [2.75, 3.05) is 19.6 Å². The molecule has 0 aliphatic heterocycles. The summed E-state index contributed by atoms with van der Waals surface area (Å²) in [5.41, 5.74) is 1.08. The van der Waals surface area contributed by atoms with E-state index in [0.717, 1.165) is 18.0 Å². The highest BCUT2D eigenvalue weighted by Crippen LogP contribution is 2.65. The van der Waals surface area contributed by atoms with Crippen LogP contribution >= 0.6 is 0 Å². The Kier molecular flexibility index (Phi) is 3.46. The molecule has 3 aliphatic rings. The summed E-state index contributed by atoms with van der Waals surface area (Å²) < 4.78 is 0. The van der Waals surface area contributed by atoms with Crippen LogP contribution in [0.25, 0.3) is 0 Å². The van der Waals surface area contributed by atoms with Crippen LogP contribution in [0.2, 0.25) is 0 Å². The summed E-state index contributed by atoms with van der Waals surface area (Å²) >= 11 is 0. The van der Waals surface area contributed by atoms with Crippen molar-refractivity contribution in [3.63, 3.8) is 0 Å². The van der Waals surface area contributed by atoms with Crippen LogP contribution in [0.4, 0.5) is 0 Å². The molecule has 1 N–H and O–H groups in total. The molecule has 3 saturated carbocycles. The summed E-state index contributed by atoms with van der Waals surface area (Å²) in [6, 6.07) is 1.68. The molecule has 3 unspecified atom stereocenters. The Labute approximate surface area is 119 Å². The molecule has 2 nitrogen and oxygen atoms in total. The lowest BCUT2D eigenvalue weighted by atomic mass is 9.69. The molecule has 2 bridgehead atoms. The van der Waals surface area contributed by atoms with E-state index in [1.165, 1.54) is 51.7 Å². The fourth-order valence-corrected chi connectivity index (χ4v) is 4.93. The van der Waals surface area contributed by atoms with Gasteiger partial charge in [0.1, 0.15) is 0 Å². The largest absolute Gasteiger partial charge is 0.312 e. The van der Waals surface area contributed by atoms with Crippen LogP contribution in [0.1, 0.15) is 59.8 Å². The number of fused-ring (bicyclic) bond motifs is 2. The fraction of sp³-hybridized carbons (Fsp3) is 1.00. The summed E-state index contributed by atoms with van der Waals surface area (Å²) in [4.78, 5) is 2.66. The molecular formula is C17H32N2. The maximum Gasteiger partial charge on any atom is 0.0129 e. The second kappa shape index (κ2) is 4.73. The molecule has 110 valence electrons. The molecule has 0 saturated heterocycles. The molecule has 19 heavy (non-hydrogen) atoms. The van der Waals surface area contributed by atoms with E-state index in [-0.39, 0.29) is 0 Å². The third-order valence-electron chi connectivity index (χ3n) is 7.05. The van der Waals surface area contributed by atoms with E-state index in [9.17, 15) is 0 Å². The second-order valence-corrected chi connectivity index (χ2v) is 7.98. The summed E-state index contributed by atoms with van der Waals surface area (Å²) in [6.45, 7) is 13.5. The molecule has 0 aromatic rings. The predicted molar refractivity (Wildman–Crippen MR) is 81.3 cm³/mol. The van der Waals surface area contributed by atoms with Crippen molar-refractivity contribution in [2.24, 2.45) is 16.7 Å². The van der Waals surface area contributed by atoms with Crippen LogP contribution in [0, 0.1) is 16.7 Å². The van der Waals surface area contributed by atoms with Crippen molar-refractivity contribution in [2.45, 2.75) is 71.9 Å². The Bertz CT molecular complexity index is 334. The van der Waals surface area contributed by atoms with Crippen LogP contribution in [-0.4, -0.2) is 36.6 Å². The average molecular weight is 264 g/mol. The lowest BCUT2D eigenvalue weighted by molar-refractivity contribution is 0.119. The molecule has 0 spiro atoms. The minimum atomic E-state index is 0.536. The zero-order chi connectivity index (χ0) is 13.7. The first-order valence-electron chi connectivity index (χ1n) is 8.46. The van der Waals surface area contributed by atoms with E-state index in [1.54, 1.807) is 0 Å². The van der Waals surface area contributed by atoms with E-state index in [0.29, 0.717) is 10.8 Å². The topological polar surface area (TPSA) is 15.3 Å². The molecule has 3 aliphatic carbocycles. The van der Waals surface area contributed by atoms with Gasteiger partial charge in [0.2, 0.25) is 0 Å². The number of hydrogen-bond donors (Lipinski definition) is 1. The minimum absolute atomic E-state index is 0.536. The molecule has 0 aromatic carbocycles. The van der Waals surface area contributed by atoms with Gasteiger partial charge in [-0.05, 0) is 55.4 Å². The van der Waals surface area contributed by atoms with Gasteiger partial charge in [0.25, 0.3) is 0 Å². The van der Waals surface area contributed by atoms with Crippen molar-refractivity contribution in [3.8, 4) is 0 Å². The van der Waals surface area contributed by atoms with Crippen molar-refractivity contribution >= 4 is 0 Å². The van der Waals surface area contributed by atoms with Gasteiger partial charge in [-0.3, -0.25) is 4.90 Å². The second-order valence-electron chi connectivity index (χ2n) is 7.98. The van der Waals surface area contributed by atoms with Gasteiger partial charge in [-0.25, -0.2) is 0 Å². The summed E-state index contributed by atoms with van der Waals surface area (Å²) in [5, 5.41) is 3.91. The van der Waals surface area contributed by atoms with Gasteiger partial charge in [0.15, 0.2) is 0 Å². The third kappa shape index (κ3) is 2.15. The third-order valence-corrected chi connectivity index (χ3v) is 7.05. The maximum atomic E-state index is 3.91. The Morgan fingerprint density at radius 2 is 1.89 bits per heavy atom. The molecule has 3 rings (SSSR count). The zero-order valence-electron chi connectivity index (χ0n) is 13.3. The molecule has 3 atom stereocenters. The van der Waals surface area contributed by atoms with Crippen molar-refractivity contribution in [1.29, 1.82) is 0 Å². The molecular weight excluding hydrogens is 232 g/mol. The molecule has 2 heteroatoms. The highest BCUT2D eigenvalue weighted by molar-refractivity contribution is 5.12. The van der Waals surface area contributed by atoms with Gasteiger partial charge in [0.05, 0.1) is 0 Å². The lowest BCUT2D eigenvalue weighted by Gasteiger charge is -2.40. The van der Waals surface area contributed by atoms with Gasteiger partial charge in [-0.1, -0.05) is 27.7 Å². The first-order valence-corrected chi connectivity index (χ1v) is 8.46. The molecule has 0 radical (unpaired) electrons. The van der Waals surface area contributed by atoms with E-state index in [1.807, 2.05) is 0 Å². The Morgan fingerprint density at radius 3 is 2.37 bits per heavy atom. The van der Waals surface area contributed by atoms with Crippen molar-refractivity contribution in [1.82, 2.24) is 10.2 Å². The quantitative estimate of drug-likeness (QED) is 0.792. The van der Waals surface area contributed by atoms with Crippen LogP contribution in [0.5, 0.6) is 0 Å². The van der Waals surface area contributed by atoms with Crippen LogP contribution in [0.3, 0.4) is 0 Å². The van der Waals surface area contributed by atoms with Crippen molar-refractivity contribution < 1.29 is 0 Å². The van der Waals surface area contributed by atoms with Gasteiger partial charge in [-0.2, -0.15) is 0 Å². The maximum absolute atomic E-state index is 3.91. The van der Waals surface area contributed by atoms with Crippen LogP contribution < -0.4 is 5.32 Å². The molecule has 3 fully saturated rings. The summed E-state index contributed by atoms with van der Waals surface area (Å²) in [5.74, 6) is 0.959. The number of hydrogen-bond acceptors (Lipinski definition) is 2. The smallest absolute Gasteiger partial charge is 0.0129 e. The van der Waals surface area contributed by atoms with E-state index in [2.05, 4.69) is 37.9 Å². The number of nitrogens with one attached hydrogen (secondary N) is 1. The highest BCUT2D eigenvalue weighted by Gasteiger charge is 2.60. The zero-order valence-corrected chi connectivity index (χ0v) is 13.3. The lowest BCUT2D eigenvalue weighted by Crippen LogP contribution is -2.46. The standard InChI is InChI=1S/C17H32N2/c1-5-19(14-6-7-14)11-10-18-15-12-13-8-9-17(15,4)16(13,2)3/h13-15,18H,5-12H2,1-4H3. The molecule has 0 aromatic heterocycles. The normalized spacial score (nSPS) is 40.3. The Balaban J connectivity index is 1.51. The van der Waals surface area contributed by atoms with E-state index >= 15 is 0 Å².